The van der Waals surface area contributed by atoms with Gasteiger partial charge in [-0.15, -0.1) is 10.2 Å². The van der Waals surface area contributed by atoms with Crippen LogP contribution in [0.2, 0.25) is 0 Å². The number of amides is 3. The molecule has 1 atom stereocenters. The third kappa shape index (κ3) is 5.35. The summed E-state index contributed by atoms with van der Waals surface area (Å²) in [4.78, 5) is 40.0. The number of para-hydroxylation sites is 1. The van der Waals surface area contributed by atoms with Crippen molar-refractivity contribution in [1.29, 1.82) is 0 Å². The molecule has 1 aliphatic heterocycles. The van der Waals surface area contributed by atoms with Gasteiger partial charge in [-0.1, -0.05) is 54.6 Å². The van der Waals surface area contributed by atoms with Crippen LogP contribution in [0.3, 0.4) is 0 Å². The Morgan fingerprint density at radius 2 is 1.68 bits per heavy atom. The van der Waals surface area contributed by atoms with Crippen LogP contribution in [0.4, 0.5) is 10.1 Å². The summed E-state index contributed by atoms with van der Waals surface area (Å²) in [5.41, 5.74) is 6.91. The van der Waals surface area contributed by atoms with Crippen molar-refractivity contribution in [2.24, 2.45) is 5.92 Å². The maximum atomic E-state index is 14.0. The summed E-state index contributed by atoms with van der Waals surface area (Å²) in [6, 6.07) is 22.1. The molecule has 3 aromatic carbocycles. The van der Waals surface area contributed by atoms with Crippen LogP contribution >= 0.6 is 0 Å². The van der Waals surface area contributed by atoms with Gasteiger partial charge < -0.3 is 4.90 Å². The first-order chi connectivity index (χ1) is 18.0. The number of aromatic nitrogens is 4. The van der Waals surface area contributed by atoms with Crippen molar-refractivity contribution in [3.63, 3.8) is 0 Å². The van der Waals surface area contributed by atoms with Crippen molar-refractivity contribution in [1.82, 2.24) is 31.1 Å². The zero-order valence-corrected chi connectivity index (χ0v) is 19.5. The van der Waals surface area contributed by atoms with E-state index in [0.717, 1.165) is 11.1 Å². The van der Waals surface area contributed by atoms with Crippen molar-refractivity contribution >= 4 is 23.4 Å². The number of benzene rings is 3. The highest BCUT2D eigenvalue weighted by Crippen LogP contribution is 2.27. The van der Waals surface area contributed by atoms with Crippen molar-refractivity contribution in [2.45, 2.75) is 13.0 Å². The van der Waals surface area contributed by atoms with E-state index in [1.807, 2.05) is 30.3 Å². The molecule has 1 fully saturated rings. The van der Waals surface area contributed by atoms with Crippen LogP contribution in [-0.4, -0.2) is 44.5 Å². The van der Waals surface area contributed by atoms with E-state index in [9.17, 15) is 18.8 Å². The van der Waals surface area contributed by atoms with Gasteiger partial charge in [-0.2, -0.15) is 4.80 Å². The van der Waals surface area contributed by atoms with Crippen LogP contribution < -0.4 is 15.8 Å². The Morgan fingerprint density at radius 3 is 2.43 bits per heavy atom. The SMILES string of the molecule is O=C(NNC(=O)C1CC(=O)N(c2ccccc2F)C1)c1ccc(Cn2nnc(-c3ccccc3)n2)cc1. The zero-order valence-electron chi connectivity index (χ0n) is 19.5. The van der Waals surface area contributed by atoms with Crippen LogP contribution in [0.25, 0.3) is 11.4 Å². The van der Waals surface area contributed by atoms with E-state index in [4.69, 9.17) is 0 Å². The first-order valence-electron chi connectivity index (χ1n) is 11.5. The van der Waals surface area contributed by atoms with Crippen LogP contribution in [0.1, 0.15) is 22.3 Å². The number of hydrogen-bond acceptors (Lipinski definition) is 6. The predicted octanol–water partition coefficient (Wildman–Crippen LogP) is 2.34. The lowest BCUT2D eigenvalue weighted by molar-refractivity contribution is -0.126. The molecule has 0 spiro atoms. The molecule has 186 valence electrons. The molecule has 1 aromatic heterocycles. The Kier molecular flexibility index (Phi) is 6.66. The molecular weight excluding hydrogens is 477 g/mol. The molecule has 4 aromatic rings. The van der Waals surface area contributed by atoms with Crippen molar-refractivity contribution in [3.05, 3.63) is 95.8 Å². The molecule has 37 heavy (non-hydrogen) atoms. The number of hydrogen-bond donors (Lipinski definition) is 2. The van der Waals surface area contributed by atoms with Gasteiger partial charge in [0.05, 0.1) is 18.2 Å². The highest BCUT2D eigenvalue weighted by Gasteiger charge is 2.36. The summed E-state index contributed by atoms with van der Waals surface area (Å²) in [7, 11) is 0. The topological polar surface area (TPSA) is 122 Å². The van der Waals surface area contributed by atoms with Crippen molar-refractivity contribution in [3.8, 4) is 11.4 Å². The highest BCUT2D eigenvalue weighted by molar-refractivity contribution is 6.01. The van der Waals surface area contributed by atoms with Gasteiger partial charge in [-0.3, -0.25) is 25.2 Å². The van der Waals surface area contributed by atoms with Gasteiger partial charge in [0.1, 0.15) is 5.82 Å². The van der Waals surface area contributed by atoms with Gasteiger partial charge >= 0.3 is 0 Å². The molecule has 11 heteroatoms. The largest absolute Gasteiger partial charge is 0.309 e. The van der Waals surface area contributed by atoms with Gasteiger partial charge in [0, 0.05) is 24.1 Å². The van der Waals surface area contributed by atoms with Gasteiger partial charge in [0.2, 0.25) is 17.6 Å². The molecule has 10 nitrogen and oxygen atoms in total. The van der Waals surface area contributed by atoms with E-state index in [0.29, 0.717) is 17.9 Å². The van der Waals surface area contributed by atoms with E-state index >= 15 is 0 Å². The minimum absolute atomic E-state index is 0.0263. The van der Waals surface area contributed by atoms with Gasteiger partial charge in [-0.25, -0.2) is 4.39 Å². The first kappa shape index (κ1) is 23.8. The smallest absolute Gasteiger partial charge is 0.269 e. The maximum Gasteiger partial charge on any atom is 0.269 e. The third-order valence-electron chi connectivity index (χ3n) is 5.96. The Bertz CT molecular complexity index is 1440. The normalized spacial score (nSPS) is 15.0. The molecule has 1 aliphatic rings. The Hall–Kier alpha value is -4.93. The predicted molar refractivity (Wildman–Crippen MR) is 131 cm³/mol. The van der Waals surface area contributed by atoms with E-state index in [1.165, 1.54) is 27.9 Å². The van der Waals surface area contributed by atoms with Crippen LogP contribution in [-0.2, 0) is 16.1 Å². The lowest BCUT2D eigenvalue weighted by Gasteiger charge is -2.17. The van der Waals surface area contributed by atoms with Gasteiger partial charge in [0.15, 0.2) is 0 Å². The first-order valence-corrected chi connectivity index (χ1v) is 11.5. The number of carbonyl (C=O) groups excluding carboxylic acids is 3. The van der Waals surface area contributed by atoms with E-state index in [2.05, 4.69) is 26.3 Å². The van der Waals surface area contributed by atoms with Crippen molar-refractivity contribution in [2.75, 3.05) is 11.4 Å². The number of hydrazine groups is 1. The number of carbonyl (C=O) groups is 3. The minimum Gasteiger partial charge on any atom is -0.309 e. The minimum atomic E-state index is -0.717. The summed E-state index contributed by atoms with van der Waals surface area (Å²) in [5, 5.41) is 12.5. The van der Waals surface area contributed by atoms with Crippen LogP contribution in [0, 0.1) is 11.7 Å². The summed E-state index contributed by atoms with van der Waals surface area (Å²) in [6.07, 6.45) is -0.0763. The molecule has 1 saturated heterocycles. The lowest BCUT2D eigenvalue weighted by atomic mass is 10.1. The summed E-state index contributed by atoms with van der Waals surface area (Å²) in [5.74, 6) is -2.13. The summed E-state index contributed by atoms with van der Waals surface area (Å²) in [6.45, 7) is 0.394. The molecule has 1 unspecified atom stereocenters. The second-order valence-electron chi connectivity index (χ2n) is 8.51. The molecule has 0 radical (unpaired) electrons. The Morgan fingerprint density at radius 1 is 0.946 bits per heavy atom. The average molecular weight is 500 g/mol. The molecule has 2 N–H and O–H groups in total. The Balaban J connectivity index is 1.14. The number of rotatable bonds is 6. The average Bonchev–Trinajstić information content (AvgIpc) is 3.55. The summed E-state index contributed by atoms with van der Waals surface area (Å²) < 4.78 is 14.0. The van der Waals surface area contributed by atoms with Crippen LogP contribution in [0.5, 0.6) is 0 Å². The number of anilines is 1. The zero-order chi connectivity index (χ0) is 25.8. The van der Waals surface area contributed by atoms with E-state index < -0.39 is 23.5 Å². The molecule has 5 rings (SSSR count). The monoisotopic (exact) mass is 499 g/mol. The number of nitrogens with zero attached hydrogens (tertiary/aromatic N) is 5. The summed E-state index contributed by atoms with van der Waals surface area (Å²) >= 11 is 0. The fraction of sp³-hybridized carbons (Fsp3) is 0.154. The lowest BCUT2D eigenvalue weighted by Crippen LogP contribution is -2.45. The number of nitrogens with one attached hydrogen (secondary N) is 2. The Labute approximate surface area is 211 Å². The van der Waals surface area contributed by atoms with Crippen molar-refractivity contribution < 1.29 is 18.8 Å². The highest BCUT2D eigenvalue weighted by atomic mass is 19.1. The molecule has 0 saturated carbocycles. The van der Waals surface area contributed by atoms with Gasteiger partial charge in [0.25, 0.3) is 5.91 Å². The molecule has 3 amide bonds. The molecule has 0 aliphatic carbocycles. The van der Waals surface area contributed by atoms with E-state index in [1.54, 1.807) is 30.3 Å². The maximum absolute atomic E-state index is 14.0. The van der Waals surface area contributed by atoms with E-state index in [-0.39, 0.29) is 24.6 Å². The van der Waals surface area contributed by atoms with Crippen LogP contribution in [0.15, 0.2) is 78.9 Å². The molecule has 2 heterocycles. The third-order valence-corrected chi connectivity index (χ3v) is 5.96. The second-order valence-corrected chi connectivity index (χ2v) is 8.51. The standard InChI is InChI=1S/C26H22FN7O3/c27-21-8-4-5-9-22(21)33-16-20(14-23(33)35)26(37)30-29-25(36)19-12-10-17(11-13-19)15-34-31-24(28-32-34)18-6-2-1-3-7-18/h1-13,20H,14-16H2,(H,29,36)(H,30,37). The van der Waals surface area contributed by atoms with Gasteiger partial charge in [-0.05, 0) is 35.0 Å². The molecular formula is C26H22FN7O3. The number of tetrazole rings is 1. The second kappa shape index (κ2) is 10.4. The fourth-order valence-corrected chi connectivity index (χ4v) is 4.02. The molecule has 0 bridgehead atoms. The quantitative estimate of drug-likeness (QED) is 0.393. The number of halogens is 1. The fourth-order valence-electron chi connectivity index (χ4n) is 4.02.